The Labute approximate surface area is 118 Å². The highest BCUT2D eigenvalue weighted by atomic mass is 16.5. The highest BCUT2D eigenvalue weighted by molar-refractivity contribution is 5.66. The largest absolute Gasteiger partial charge is 0.481 e. The summed E-state index contributed by atoms with van der Waals surface area (Å²) in [5, 5.41) is 8.77. The molecule has 0 radical (unpaired) electrons. The van der Waals surface area contributed by atoms with Gasteiger partial charge in [0, 0.05) is 31.8 Å². The average Bonchev–Trinajstić information content (AvgIpc) is 2.46. The normalized spacial score (nSPS) is 18.9. The number of carboxylic acids is 1. The molecular formula is C14H21N3O3. The van der Waals surface area contributed by atoms with Crippen LogP contribution in [0.2, 0.25) is 0 Å². The van der Waals surface area contributed by atoms with Crippen molar-refractivity contribution in [2.24, 2.45) is 5.92 Å². The van der Waals surface area contributed by atoms with E-state index in [2.05, 4.69) is 14.9 Å². The highest BCUT2D eigenvalue weighted by Crippen LogP contribution is 2.24. The Morgan fingerprint density at radius 1 is 1.60 bits per heavy atom. The van der Waals surface area contributed by atoms with Crippen LogP contribution in [0.1, 0.15) is 32.6 Å². The number of carboxylic acid groups (broad SMARTS) is 1. The van der Waals surface area contributed by atoms with Gasteiger partial charge in [0.1, 0.15) is 0 Å². The van der Waals surface area contributed by atoms with E-state index in [0.29, 0.717) is 24.4 Å². The minimum atomic E-state index is -0.725. The number of anilines is 1. The Morgan fingerprint density at radius 3 is 3.20 bits per heavy atom. The molecule has 1 aromatic rings. The van der Waals surface area contributed by atoms with Crippen LogP contribution in [0.15, 0.2) is 12.3 Å². The van der Waals surface area contributed by atoms with Crippen molar-refractivity contribution in [2.45, 2.75) is 32.6 Å². The molecule has 0 bridgehead atoms. The van der Waals surface area contributed by atoms with Crippen LogP contribution in [0, 0.1) is 5.92 Å². The van der Waals surface area contributed by atoms with E-state index in [-0.39, 0.29) is 6.42 Å². The van der Waals surface area contributed by atoms with Gasteiger partial charge in [-0.2, -0.15) is 4.98 Å². The van der Waals surface area contributed by atoms with E-state index in [1.807, 2.05) is 6.92 Å². The van der Waals surface area contributed by atoms with Gasteiger partial charge in [-0.1, -0.05) is 0 Å². The number of rotatable bonds is 6. The van der Waals surface area contributed by atoms with E-state index in [0.717, 1.165) is 32.4 Å². The van der Waals surface area contributed by atoms with Crippen LogP contribution >= 0.6 is 0 Å². The van der Waals surface area contributed by atoms with Crippen molar-refractivity contribution >= 4 is 11.9 Å². The van der Waals surface area contributed by atoms with Gasteiger partial charge in [0.05, 0.1) is 6.61 Å². The zero-order valence-corrected chi connectivity index (χ0v) is 11.8. The molecule has 0 aliphatic carbocycles. The first kappa shape index (κ1) is 14.6. The third kappa shape index (κ3) is 4.08. The van der Waals surface area contributed by atoms with Crippen molar-refractivity contribution in [1.29, 1.82) is 0 Å². The molecular weight excluding hydrogens is 258 g/mol. The topological polar surface area (TPSA) is 75.5 Å². The molecule has 0 saturated carbocycles. The molecule has 110 valence electrons. The number of aliphatic carboxylic acids is 1. The predicted octanol–water partition coefficient (Wildman–Crippen LogP) is 1.96. The van der Waals surface area contributed by atoms with Gasteiger partial charge >= 0.3 is 5.97 Å². The van der Waals surface area contributed by atoms with Crippen molar-refractivity contribution in [3.05, 3.63) is 12.3 Å². The maximum absolute atomic E-state index is 10.7. The van der Waals surface area contributed by atoms with Gasteiger partial charge in [0.15, 0.2) is 0 Å². The van der Waals surface area contributed by atoms with Gasteiger partial charge in [-0.15, -0.1) is 0 Å². The van der Waals surface area contributed by atoms with Gasteiger partial charge in [0.25, 0.3) is 0 Å². The molecule has 2 heterocycles. The summed E-state index contributed by atoms with van der Waals surface area (Å²) in [7, 11) is 0. The third-order valence-electron chi connectivity index (χ3n) is 3.48. The number of piperidine rings is 1. The summed E-state index contributed by atoms with van der Waals surface area (Å²) >= 11 is 0. The fraction of sp³-hybridized carbons (Fsp3) is 0.643. The Hall–Kier alpha value is -1.85. The third-order valence-corrected chi connectivity index (χ3v) is 3.48. The fourth-order valence-electron chi connectivity index (χ4n) is 2.52. The molecule has 1 N–H and O–H groups in total. The first-order valence-corrected chi connectivity index (χ1v) is 7.11. The molecule has 0 aromatic carbocycles. The Kier molecular flexibility index (Phi) is 5.15. The molecule has 20 heavy (non-hydrogen) atoms. The lowest BCUT2D eigenvalue weighted by Gasteiger charge is -2.32. The first-order chi connectivity index (χ1) is 9.69. The smallest absolute Gasteiger partial charge is 0.303 e. The molecule has 2 rings (SSSR count). The molecule has 0 amide bonds. The average molecular weight is 279 g/mol. The number of nitrogens with zero attached hydrogens (tertiary/aromatic N) is 3. The predicted molar refractivity (Wildman–Crippen MR) is 75.0 cm³/mol. The summed E-state index contributed by atoms with van der Waals surface area (Å²) < 4.78 is 5.39. The van der Waals surface area contributed by atoms with E-state index in [9.17, 15) is 4.79 Å². The van der Waals surface area contributed by atoms with Gasteiger partial charge in [-0.3, -0.25) is 4.79 Å². The van der Waals surface area contributed by atoms with E-state index in [4.69, 9.17) is 9.84 Å². The Balaban J connectivity index is 1.97. The van der Waals surface area contributed by atoms with Crippen LogP contribution in [0.5, 0.6) is 5.88 Å². The van der Waals surface area contributed by atoms with Crippen LogP contribution in [0.4, 0.5) is 5.95 Å². The summed E-state index contributed by atoms with van der Waals surface area (Å²) in [5.74, 6) is 0.942. The minimum absolute atomic E-state index is 0.234. The molecule has 1 saturated heterocycles. The zero-order chi connectivity index (χ0) is 14.4. The lowest BCUT2D eigenvalue weighted by atomic mass is 9.93. The molecule has 1 atom stereocenters. The highest BCUT2D eigenvalue weighted by Gasteiger charge is 2.22. The van der Waals surface area contributed by atoms with Crippen molar-refractivity contribution in [3.63, 3.8) is 0 Å². The van der Waals surface area contributed by atoms with Gasteiger partial charge in [-0.25, -0.2) is 4.98 Å². The zero-order valence-electron chi connectivity index (χ0n) is 11.8. The second-order valence-electron chi connectivity index (χ2n) is 5.01. The maximum atomic E-state index is 10.7. The van der Waals surface area contributed by atoms with Crippen molar-refractivity contribution in [3.8, 4) is 5.88 Å². The number of ether oxygens (including phenoxy) is 1. The van der Waals surface area contributed by atoms with Gasteiger partial charge < -0.3 is 14.7 Å². The van der Waals surface area contributed by atoms with Crippen LogP contribution in [-0.4, -0.2) is 40.7 Å². The molecule has 1 fully saturated rings. The molecule has 6 heteroatoms. The van der Waals surface area contributed by atoms with E-state index >= 15 is 0 Å². The Morgan fingerprint density at radius 2 is 2.45 bits per heavy atom. The van der Waals surface area contributed by atoms with Crippen LogP contribution in [-0.2, 0) is 4.79 Å². The maximum Gasteiger partial charge on any atom is 0.303 e. The van der Waals surface area contributed by atoms with Crippen molar-refractivity contribution < 1.29 is 14.6 Å². The summed E-state index contributed by atoms with van der Waals surface area (Å²) in [6, 6.07) is 1.75. The molecule has 0 spiro atoms. The standard InChI is InChI=1S/C14H21N3O3/c1-2-20-12-7-8-15-14(16-12)17-9-3-4-11(10-17)5-6-13(18)19/h7-8,11H,2-6,9-10H2,1H3,(H,18,19). The molecule has 1 aromatic heterocycles. The number of aromatic nitrogens is 2. The van der Waals surface area contributed by atoms with Gasteiger partial charge in [-0.05, 0) is 32.1 Å². The van der Waals surface area contributed by atoms with Crippen molar-refractivity contribution in [1.82, 2.24) is 9.97 Å². The number of hydrogen-bond donors (Lipinski definition) is 1. The molecule has 1 unspecified atom stereocenters. The second-order valence-corrected chi connectivity index (χ2v) is 5.01. The van der Waals surface area contributed by atoms with Crippen LogP contribution < -0.4 is 9.64 Å². The summed E-state index contributed by atoms with van der Waals surface area (Å²) in [6.45, 7) is 4.24. The molecule has 1 aliphatic rings. The van der Waals surface area contributed by atoms with Crippen LogP contribution in [0.3, 0.4) is 0 Å². The van der Waals surface area contributed by atoms with Gasteiger partial charge in [0.2, 0.25) is 11.8 Å². The van der Waals surface area contributed by atoms with E-state index < -0.39 is 5.97 Å². The second kappa shape index (κ2) is 7.07. The summed E-state index contributed by atoms with van der Waals surface area (Å²) in [6.07, 6.45) is 4.78. The van der Waals surface area contributed by atoms with E-state index in [1.165, 1.54) is 0 Å². The monoisotopic (exact) mass is 279 g/mol. The van der Waals surface area contributed by atoms with Crippen molar-refractivity contribution in [2.75, 3.05) is 24.6 Å². The lowest BCUT2D eigenvalue weighted by Crippen LogP contribution is -2.36. The summed E-state index contributed by atoms with van der Waals surface area (Å²) in [4.78, 5) is 21.5. The fourth-order valence-corrected chi connectivity index (χ4v) is 2.52. The van der Waals surface area contributed by atoms with E-state index in [1.54, 1.807) is 12.3 Å². The number of carbonyl (C=O) groups is 1. The summed E-state index contributed by atoms with van der Waals surface area (Å²) in [5.41, 5.74) is 0. The number of hydrogen-bond acceptors (Lipinski definition) is 5. The SMILES string of the molecule is CCOc1ccnc(N2CCCC(CCC(=O)O)C2)n1. The molecule has 1 aliphatic heterocycles. The van der Waals surface area contributed by atoms with Crippen LogP contribution in [0.25, 0.3) is 0 Å². The lowest BCUT2D eigenvalue weighted by molar-refractivity contribution is -0.137. The molecule has 6 nitrogen and oxygen atoms in total. The Bertz CT molecular complexity index is 453. The minimum Gasteiger partial charge on any atom is -0.481 e. The first-order valence-electron chi connectivity index (χ1n) is 7.11. The quantitative estimate of drug-likeness (QED) is 0.858.